The maximum atomic E-state index is 11.6. The van der Waals surface area contributed by atoms with E-state index in [0.717, 1.165) is 18.4 Å². The zero-order chi connectivity index (χ0) is 15.1. The van der Waals surface area contributed by atoms with Crippen LogP contribution in [-0.4, -0.2) is 39.9 Å². The number of hydrogen-bond acceptors (Lipinski definition) is 6. The molecule has 0 spiro atoms. The molecule has 0 amide bonds. The molecule has 0 radical (unpaired) electrons. The lowest BCUT2D eigenvalue weighted by Gasteiger charge is -2.02. The minimum Gasteiger partial charge on any atom is -0.497 e. The van der Waals surface area contributed by atoms with Gasteiger partial charge in [-0.05, 0) is 23.8 Å². The van der Waals surface area contributed by atoms with Crippen molar-refractivity contribution < 1.29 is 14.3 Å². The third-order valence-corrected chi connectivity index (χ3v) is 2.81. The van der Waals surface area contributed by atoms with E-state index in [1.54, 1.807) is 13.2 Å². The lowest BCUT2D eigenvalue weighted by molar-refractivity contribution is -0.145. The smallest absolute Gasteiger partial charge is 0.329 e. The molecule has 1 aromatic heterocycles. The SMILES string of the molecule is CCCCOC(=O)Cn1nnc(-c2cccc(OC)c2)n1. The summed E-state index contributed by atoms with van der Waals surface area (Å²) >= 11 is 0. The highest BCUT2D eigenvalue weighted by atomic mass is 16.5. The first-order valence-electron chi connectivity index (χ1n) is 6.80. The van der Waals surface area contributed by atoms with Gasteiger partial charge in [-0.2, -0.15) is 4.80 Å². The van der Waals surface area contributed by atoms with Gasteiger partial charge in [0, 0.05) is 5.56 Å². The van der Waals surface area contributed by atoms with Crippen LogP contribution in [0.3, 0.4) is 0 Å². The molecule has 7 nitrogen and oxygen atoms in total. The van der Waals surface area contributed by atoms with Gasteiger partial charge in [0.2, 0.25) is 5.82 Å². The maximum Gasteiger partial charge on any atom is 0.329 e. The van der Waals surface area contributed by atoms with Gasteiger partial charge >= 0.3 is 5.97 Å². The van der Waals surface area contributed by atoms with Gasteiger partial charge in [0.25, 0.3) is 0 Å². The fourth-order valence-corrected chi connectivity index (χ4v) is 1.68. The topological polar surface area (TPSA) is 79.1 Å². The lowest BCUT2D eigenvalue weighted by Crippen LogP contribution is -2.16. The van der Waals surface area contributed by atoms with Crippen LogP contribution in [0.1, 0.15) is 19.8 Å². The summed E-state index contributed by atoms with van der Waals surface area (Å²) in [5.41, 5.74) is 0.778. The molecule has 0 fully saturated rings. The third-order valence-electron chi connectivity index (χ3n) is 2.81. The van der Waals surface area contributed by atoms with Crippen LogP contribution in [-0.2, 0) is 16.1 Å². The normalized spacial score (nSPS) is 10.4. The van der Waals surface area contributed by atoms with Crippen molar-refractivity contribution in [3.8, 4) is 17.1 Å². The fourth-order valence-electron chi connectivity index (χ4n) is 1.68. The Balaban J connectivity index is 1.99. The summed E-state index contributed by atoms with van der Waals surface area (Å²) in [5.74, 6) is 0.788. The summed E-state index contributed by atoms with van der Waals surface area (Å²) in [7, 11) is 1.59. The van der Waals surface area contributed by atoms with E-state index in [4.69, 9.17) is 9.47 Å². The van der Waals surface area contributed by atoms with Gasteiger partial charge in [-0.25, -0.2) is 4.79 Å². The van der Waals surface area contributed by atoms with E-state index in [-0.39, 0.29) is 12.5 Å². The molecule has 21 heavy (non-hydrogen) atoms. The Kier molecular flexibility index (Phi) is 5.25. The zero-order valence-corrected chi connectivity index (χ0v) is 12.2. The van der Waals surface area contributed by atoms with E-state index in [0.29, 0.717) is 18.2 Å². The molecule has 0 atom stereocenters. The lowest BCUT2D eigenvalue weighted by atomic mass is 10.2. The van der Waals surface area contributed by atoms with Crippen molar-refractivity contribution >= 4 is 5.97 Å². The molecule has 0 aliphatic carbocycles. The molecule has 0 unspecified atom stereocenters. The highest BCUT2D eigenvalue weighted by molar-refractivity contribution is 5.68. The van der Waals surface area contributed by atoms with Crippen molar-refractivity contribution in [2.45, 2.75) is 26.3 Å². The fraction of sp³-hybridized carbons (Fsp3) is 0.429. The summed E-state index contributed by atoms with van der Waals surface area (Å²) in [6.07, 6.45) is 1.83. The predicted octanol–water partition coefficient (Wildman–Crippen LogP) is 1.69. The Labute approximate surface area is 122 Å². The number of carbonyl (C=O) groups is 1. The number of esters is 1. The van der Waals surface area contributed by atoms with Crippen LogP contribution in [0.5, 0.6) is 5.75 Å². The van der Waals surface area contributed by atoms with Crippen molar-refractivity contribution in [2.75, 3.05) is 13.7 Å². The van der Waals surface area contributed by atoms with Crippen LogP contribution in [0.4, 0.5) is 0 Å². The van der Waals surface area contributed by atoms with Gasteiger partial charge in [-0.1, -0.05) is 25.5 Å². The number of aromatic nitrogens is 4. The highest BCUT2D eigenvalue weighted by Gasteiger charge is 2.10. The van der Waals surface area contributed by atoms with Crippen LogP contribution in [0.15, 0.2) is 24.3 Å². The summed E-state index contributed by atoms with van der Waals surface area (Å²) in [5, 5.41) is 11.9. The zero-order valence-electron chi connectivity index (χ0n) is 12.2. The van der Waals surface area contributed by atoms with Gasteiger partial charge in [0.1, 0.15) is 5.75 Å². The molecule has 2 rings (SSSR count). The Bertz CT molecular complexity index is 597. The number of ether oxygens (including phenoxy) is 2. The van der Waals surface area contributed by atoms with Crippen LogP contribution in [0, 0.1) is 0 Å². The minimum atomic E-state index is -0.363. The van der Waals surface area contributed by atoms with Crippen molar-refractivity contribution in [1.82, 2.24) is 20.2 Å². The number of unbranched alkanes of at least 4 members (excludes halogenated alkanes) is 1. The average molecular weight is 290 g/mol. The van der Waals surface area contributed by atoms with Crippen LogP contribution >= 0.6 is 0 Å². The van der Waals surface area contributed by atoms with Crippen LogP contribution < -0.4 is 4.74 Å². The van der Waals surface area contributed by atoms with Gasteiger partial charge < -0.3 is 9.47 Å². The first-order chi connectivity index (χ1) is 10.2. The Morgan fingerprint density at radius 1 is 1.38 bits per heavy atom. The minimum absolute atomic E-state index is 0.0410. The molecule has 0 aliphatic rings. The Morgan fingerprint density at radius 3 is 3.00 bits per heavy atom. The van der Waals surface area contributed by atoms with E-state index in [2.05, 4.69) is 15.4 Å². The number of nitrogens with zero attached hydrogens (tertiary/aromatic N) is 4. The van der Waals surface area contributed by atoms with E-state index in [9.17, 15) is 4.79 Å². The quantitative estimate of drug-likeness (QED) is 0.570. The van der Waals surface area contributed by atoms with Gasteiger partial charge in [-0.3, -0.25) is 0 Å². The summed E-state index contributed by atoms with van der Waals surface area (Å²) in [4.78, 5) is 12.8. The molecule has 2 aromatic rings. The number of methoxy groups -OCH3 is 1. The Hall–Kier alpha value is -2.44. The van der Waals surface area contributed by atoms with E-state index < -0.39 is 0 Å². The largest absolute Gasteiger partial charge is 0.497 e. The second-order valence-corrected chi connectivity index (χ2v) is 4.45. The third kappa shape index (κ3) is 4.27. The monoisotopic (exact) mass is 290 g/mol. The predicted molar refractivity (Wildman–Crippen MR) is 75.7 cm³/mol. The number of benzene rings is 1. The Morgan fingerprint density at radius 2 is 2.24 bits per heavy atom. The number of rotatable bonds is 7. The van der Waals surface area contributed by atoms with E-state index in [1.807, 2.05) is 25.1 Å². The van der Waals surface area contributed by atoms with Crippen molar-refractivity contribution in [3.63, 3.8) is 0 Å². The molecule has 0 saturated heterocycles. The molecular weight excluding hydrogens is 272 g/mol. The number of hydrogen-bond donors (Lipinski definition) is 0. The first-order valence-corrected chi connectivity index (χ1v) is 6.80. The standard InChI is InChI=1S/C14H18N4O3/c1-3-4-8-21-13(19)10-18-16-14(15-17-18)11-6-5-7-12(9-11)20-2/h5-7,9H,3-4,8,10H2,1-2H3. The van der Waals surface area contributed by atoms with Gasteiger partial charge in [0.05, 0.1) is 13.7 Å². The molecule has 0 bridgehead atoms. The van der Waals surface area contributed by atoms with Gasteiger partial charge in [-0.15, -0.1) is 10.2 Å². The second-order valence-electron chi connectivity index (χ2n) is 4.45. The molecule has 7 heteroatoms. The highest BCUT2D eigenvalue weighted by Crippen LogP contribution is 2.19. The molecule has 0 saturated carbocycles. The summed E-state index contributed by atoms with van der Waals surface area (Å²) in [6.45, 7) is 2.42. The van der Waals surface area contributed by atoms with Crippen molar-refractivity contribution in [1.29, 1.82) is 0 Å². The number of tetrazole rings is 1. The molecule has 0 aliphatic heterocycles. The average Bonchev–Trinajstić information content (AvgIpc) is 2.96. The summed E-state index contributed by atoms with van der Waals surface area (Å²) in [6, 6.07) is 7.33. The van der Waals surface area contributed by atoms with E-state index in [1.165, 1.54) is 4.80 Å². The molecule has 1 aromatic carbocycles. The van der Waals surface area contributed by atoms with E-state index >= 15 is 0 Å². The van der Waals surface area contributed by atoms with Crippen molar-refractivity contribution in [2.24, 2.45) is 0 Å². The van der Waals surface area contributed by atoms with Gasteiger partial charge in [0.15, 0.2) is 6.54 Å². The molecule has 112 valence electrons. The van der Waals surface area contributed by atoms with Crippen LogP contribution in [0.25, 0.3) is 11.4 Å². The second kappa shape index (κ2) is 7.37. The summed E-state index contributed by atoms with van der Waals surface area (Å²) < 4.78 is 10.2. The molecule has 0 N–H and O–H groups in total. The molecule has 1 heterocycles. The number of carbonyl (C=O) groups excluding carboxylic acids is 1. The maximum absolute atomic E-state index is 11.6. The molecular formula is C14H18N4O3. The van der Waals surface area contributed by atoms with Crippen LogP contribution in [0.2, 0.25) is 0 Å². The van der Waals surface area contributed by atoms with Crippen molar-refractivity contribution in [3.05, 3.63) is 24.3 Å². The first kappa shape index (κ1) is 15.0.